The summed E-state index contributed by atoms with van der Waals surface area (Å²) in [4.78, 5) is 58.3. The minimum absolute atomic E-state index is 0.161. The molecule has 4 atom stereocenters. The summed E-state index contributed by atoms with van der Waals surface area (Å²) in [5.74, 6) is -4.58. The second kappa shape index (κ2) is 13.4. The molecule has 29 heavy (non-hydrogen) atoms. The van der Waals surface area contributed by atoms with Crippen LogP contribution in [0, 0.1) is 0 Å². The average molecular weight is 418 g/mol. The van der Waals surface area contributed by atoms with Crippen molar-refractivity contribution in [3.8, 4) is 0 Å². The summed E-state index contributed by atoms with van der Waals surface area (Å²) in [6.45, 7) is 0.820. The monoisotopic (exact) mass is 418 g/mol. The van der Waals surface area contributed by atoms with Crippen LogP contribution in [0.2, 0.25) is 0 Å². The molecule has 4 amide bonds. The zero-order chi connectivity index (χ0) is 22.6. The normalized spacial score (nSPS) is 14.8. The van der Waals surface area contributed by atoms with E-state index < -0.39 is 66.8 Å². The molecule has 13 nitrogen and oxygen atoms in total. The van der Waals surface area contributed by atoms with Gasteiger partial charge in [0.25, 0.3) is 0 Å². The van der Waals surface area contributed by atoms with Crippen LogP contribution in [0.25, 0.3) is 0 Å². The molecule has 0 radical (unpaired) electrons. The largest absolute Gasteiger partial charge is 0.480 e. The number of amides is 4. The summed E-state index contributed by atoms with van der Waals surface area (Å²) in [6, 6.07) is -5.05. The van der Waals surface area contributed by atoms with Crippen molar-refractivity contribution < 1.29 is 34.2 Å². The highest BCUT2D eigenvalue weighted by Gasteiger charge is 2.29. The van der Waals surface area contributed by atoms with E-state index in [2.05, 4.69) is 16.0 Å². The minimum atomic E-state index is -1.44. The molecule has 0 heterocycles. The Morgan fingerprint density at radius 1 is 0.931 bits per heavy atom. The van der Waals surface area contributed by atoms with E-state index in [4.69, 9.17) is 22.3 Å². The van der Waals surface area contributed by atoms with E-state index in [1.165, 1.54) is 6.92 Å². The lowest BCUT2D eigenvalue weighted by Gasteiger charge is -2.23. The molecule has 0 saturated heterocycles. The Morgan fingerprint density at radius 2 is 1.48 bits per heavy atom. The number of nitrogens with two attached hydrogens (primary N) is 3. The third-order valence-electron chi connectivity index (χ3n) is 3.88. The molecule has 0 aliphatic rings. The molecule has 0 aromatic carbocycles. The first-order valence-electron chi connectivity index (χ1n) is 9.02. The van der Waals surface area contributed by atoms with Crippen LogP contribution in [0.5, 0.6) is 0 Å². The Hall–Kier alpha value is -2.77. The van der Waals surface area contributed by atoms with Gasteiger partial charge in [0, 0.05) is 0 Å². The molecular formula is C16H30N6O7. The van der Waals surface area contributed by atoms with Crippen molar-refractivity contribution in [1.82, 2.24) is 16.0 Å². The van der Waals surface area contributed by atoms with Crippen LogP contribution in [-0.2, 0) is 24.0 Å². The smallest absolute Gasteiger partial charge is 0.325 e. The van der Waals surface area contributed by atoms with Gasteiger partial charge in [0.15, 0.2) is 0 Å². The van der Waals surface area contributed by atoms with Crippen molar-refractivity contribution in [2.75, 3.05) is 13.2 Å². The van der Waals surface area contributed by atoms with Gasteiger partial charge in [-0.05, 0) is 32.7 Å². The SMILES string of the molecule is CC(NC(=O)C(CCCCN)NC(=O)C(CO)NC(=O)C(N)CC(N)=O)C(=O)O. The number of unbranched alkanes of at least 4 members (excludes halogenated alkanes) is 1. The van der Waals surface area contributed by atoms with E-state index in [0.717, 1.165) is 0 Å². The van der Waals surface area contributed by atoms with Gasteiger partial charge in [0.1, 0.15) is 18.1 Å². The van der Waals surface area contributed by atoms with E-state index >= 15 is 0 Å². The van der Waals surface area contributed by atoms with Crippen molar-refractivity contribution in [2.45, 2.75) is 56.8 Å². The standard InChI is InChI=1S/C16H30N6O7/c1-8(16(28)29)20-14(26)10(4-2-3-5-17)21-15(27)11(7-23)22-13(25)9(18)6-12(19)24/h8-11,23H,2-7,17-18H2,1H3,(H2,19,24)(H,20,26)(H,21,27)(H,22,25)(H,28,29). The van der Waals surface area contributed by atoms with Crippen LogP contribution < -0.4 is 33.2 Å². The summed E-state index contributed by atoms with van der Waals surface area (Å²) in [6.07, 6.45) is 0.740. The molecule has 0 saturated carbocycles. The quantitative estimate of drug-likeness (QED) is 0.128. The zero-order valence-corrected chi connectivity index (χ0v) is 16.2. The number of carboxylic acid groups (broad SMARTS) is 1. The number of carbonyl (C=O) groups excluding carboxylic acids is 4. The van der Waals surface area contributed by atoms with E-state index in [1.54, 1.807) is 0 Å². The van der Waals surface area contributed by atoms with E-state index in [0.29, 0.717) is 19.4 Å². The van der Waals surface area contributed by atoms with Crippen molar-refractivity contribution in [3.05, 3.63) is 0 Å². The van der Waals surface area contributed by atoms with Gasteiger partial charge in [-0.15, -0.1) is 0 Å². The fraction of sp³-hybridized carbons (Fsp3) is 0.688. The molecule has 0 aliphatic heterocycles. The Kier molecular flexibility index (Phi) is 12.1. The van der Waals surface area contributed by atoms with Gasteiger partial charge in [0.2, 0.25) is 23.6 Å². The first kappa shape index (κ1) is 26.2. The Labute approximate surface area is 167 Å². The number of rotatable bonds is 14. The molecular weight excluding hydrogens is 388 g/mol. The topological polar surface area (TPSA) is 240 Å². The molecule has 0 spiro atoms. The van der Waals surface area contributed by atoms with Crippen LogP contribution >= 0.6 is 0 Å². The summed E-state index contributed by atoms with van der Waals surface area (Å²) >= 11 is 0. The number of carbonyl (C=O) groups is 5. The second-order valence-electron chi connectivity index (χ2n) is 6.43. The summed E-state index contributed by atoms with van der Waals surface area (Å²) in [5, 5.41) is 25.1. The maximum absolute atomic E-state index is 12.4. The van der Waals surface area contributed by atoms with Gasteiger partial charge in [-0.25, -0.2) is 0 Å². The van der Waals surface area contributed by atoms with Gasteiger partial charge in [-0.3, -0.25) is 24.0 Å². The van der Waals surface area contributed by atoms with Crippen molar-refractivity contribution in [2.24, 2.45) is 17.2 Å². The lowest BCUT2D eigenvalue weighted by Crippen LogP contribution is -2.58. The lowest BCUT2D eigenvalue weighted by molar-refractivity contribution is -0.141. The first-order valence-corrected chi connectivity index (χ1v) is 9.02. The summed E-state index contributed by atoms with van der Waals surface area (Å²) in [7, 11) is 0. The average Bonchev–Trinajstić information content (AvgIpc) is 2.64. The Balaban J connectivity index is 5.08. The van der Waals surface area contributed by atoms with E-state index in [9.17, 15) is 29.1 Å². The molecule has 4 unspecified atom stereocenters. The third kappa shape index (κ3) is 10.4. The Bertz CT molecular complexity index is 600. The number of hydrogen-bond acceptors (Lipinski definition) is 8. The lowest BCUT2D eigenvalue weighted by atomic mass is 10.1. The number of aliphatic carboxylic acids is 1. The van der Waals surface area contributed by atoms with Gasteiger partial charge in [-0.1, -0.05) is 0 Å². The molecule has 0 aromatic rings. The maximum atomic E-state index is 12.4. The molecule has 166 valence electrons. The number of aliphatic hydroxyl groups is 1. The Morgan fingerprint density at radius 3 is 1.97 bits per heavy atom. The summed E-state index contributed by atoms with van der Waals surface area (Å²) in [5.41, 5.74) is 15.8. The zero-order valence-electron chi connectivity index (χ0n) is 16.2. The fourth-order valence-corrected chi connectivity index (χ4v) is 2.19. The summed E-state index contributed by atoms with van der Waals surface area (Å²) < 4.78 is 0. The highest BCUT2D eigenvalue weighted by molar-refractivity contribution is 5.95. The van der Waals surface area contributed by atoms with E-state index in [1.807, 2.05) is 0 Å². The van der Waals surface area contributed by atoms with Gasteiger partial charge < -0.3 is 43.4 Å². The van der Waals surface area contributed by atoms with Crippen LogP contribution in [0.4, 0.5) is 0 Å². The first-order chi connectivity index (χ1) is 13.5. The van der Waals surface area contributed by atoms with Gasteiger partial charge in [0.05, 0.1) is 19.1 Å². The number of primary amides is 1. The van der Waals surface area contributed by atoms with Gasteiger partial charge in [-0.2, -0.15) is 0 Å². The predicted molar refractivity (Wildman–Crippen MR) is 101 cm³/mol. The van der Waals surface area contributed by atoms with Crippen molar-refractivity contribution in [1.29, 1.82) is 0 Å². The molecule has 0 rings (SSSR count). The third-order valence-corrected chi connectivity index (χ3v) is 3.88. The van der Waals surface area contributed by atoms with Crippen LogP contribution in [0.1, 0.15) is 32.6 Å². The number of hydrogen-bond donors (Lipinski definition) is 8. The van der Waals surface area contributed by atoms with Crippen LogP contribution in [0.3, 0.4) is 0 Å². The number of aliphatic hydroxyl groups excluding tert-OH is 1. The molecule has 0 aliphatic carbocycles. The molecule has 13 heteroatoms. The highest BCUT2D eigenvalue weighted by atomic mass is 16.4. The second-order valence-corrected chi connectivity index (χ2v) is 6.43. The van der Waals surface area contributed by atoms with Crippen molar-refractivity contribution in [3.63, 3.8) is 0 Å². The molecule has 0 aromatic heterocycles. The number of carboxylic acids is 1. The predicted octanol–water partition coefficient (Wildman–Crippen LogP) is -4.13. The fourth-order valence-electron chi connectivity index (χ4n) is 2.19. The maximum Gasteiger partial charge on any atom is 0.325 e. The molecule has 0 fully saturated rings. The van der Waals surface area contributed by atoms with Crippen LogP contribution in [-0.4, -0.2) is 77.1 Å². The minimum Gasteiger partial charge on any atom is -0.480 e. The highest BCUT2D eigenvalue weighted by Crippen LogP contribution is 2.03. The van der Waals surface area contributed by atoms with E-state index in [-0.39, 0.29) is 6.42 Å². The van der Waals surface area contributed by atoms with Crippen LogP contribution in [0.15, 0.2) is 0 Å². The molecule has 11 N–H and O–H groups in total. The number of nitrogens with one attached hydrogen (secondary N) is 3. The van der Waals surface area contributed by atoms with Gasteiger partial charge >= 0.3 is 5.97 Å². The molecule has 0 bridgehead atoms. The van der Waals surface area contributed by atoms with Crippen molar-refractivity contribution >= 4 is 29.6 Å².